The lowest BCUT2D eigenvalue weighted by Crippen LogP contribution is -2.03. The molecule has 0 saturated heterocycles. The van der Waals surface area contributed by atoms with Crippen molar-refractivity contribution in [2.75, 3.05) is 0 Å². The van der Waals surface area contributed by atoms with E-state index < -0.39 is 12.5 Å². The van der Waals surface area contributed by atoms with Crippen molar-refractivity contribution in [3.8, 4) is 0 Å². The van der Waals surface area contributed by atoms with Gasteiger partial charge >= 0.3 is 0 Å². The standard InChI is InChI=1S/C16H16F2O/c1-10-6-7-11(2)14(8-10)15(19)12-4-3-5-13(9-12)16(17)18/h3-9,15-16,19H,1-2H3. The van der Waals surface area contributed by atoms with Crippen molar-refractivity contribution in [2.24, 2.45) is 0 Å². The van der Waals surface area contributed by atoms with Crippen LogP contribution in [-0.2, 0) is 0 Å². The van der Waals surface area contributed by atoms with E-state index in [1.807, 2.05) is 32.0 Å². The number of hydrogen-bond donors (Lipinski definition) is 1. The molecule has 2 aromatic rings. The summed E-state index contributed by atoms with van der Waals surface area (Å²) in [5.74, 6) is 0. The normalized spacial score (nSPS) is 12.7. The van der Waals surface area contributed by atoms with E-state index in [1.165, 1.54) is 12.1 Å². The summed E-state index contributed by atoms with van der Waals surface area (Å²) in [5, 5.41) is 10.4. The van der Waals surface area contributed by atoms with Crippen LogP contribution in [0.1, 0.15) is 40.3 Å². The maximum Gasteiger partial charge on any atom is 0.263 e. The summed E-state index contributed by atoms with van der Waals surface area (Å²) in [6, 6.07) is 11.7. The fourth-order valence-electron chi connectivity index (χ4n) is 2.10. The zero-order valence-electron chi connectivity index (χ0n) is 10.9. The van der Waals surface area contributed by atoms with Gasteiger partial charge in [0, 0.05) is 5.56 Å². The van der Waals surface area contributed by atoms with Gasteiger partial charge in [-0.2, -0.15) is 0 Å². The van der Waals surface area contributed by atoms with Crippen molar-refractivity contribution < 1.29 is 13.9 Å². The maximum atomic E-state index is 12.7. The molecule has 0 aliphatic carbocycles. The van der Waals surface area contributed by atoms with Crippen LogP contribution in [0.15, 0.2) is 42.5 Å². The van der Waals surface area contributed by atoms with Gasteiger partial charge in [-0.3, -0.25) is 0 Å². The quantitative estimate of drug-likeness (QED) is 0.873. The summed E-state index contributed by atoms with van der Waals surface area (Å²) >= 11 is 0. The average molecular weight is 262 g/mol. The van der Waals surface area contributed by atoms with Crippen LogP contribution in [-0.4, -0.2) is 5.11 Å². The minimum absolute atomic E-state index is 0.0677. The predicted molar refractivity (Wildman–Crippen MR) is 71.4 cm³/mol. The lowest BCUT2D eigenvalue weighted by atomic mass is 9.95. The van der Waals surface area contributed by atoms with Gasteiger partial charge in [0.05, 0.1) is 0 Å². The highest BCUT2D eigenvalue weighted by molar-refractivity contribution is 5.39. The number of aryl methyl sites for hydroxylation is 2. The van der Waals surface area contributed by atoms with Crippen molar-refractivity contribution in [3.05, 3.63) is 70.3 Å². The Morgan fingerprint density at radius 1 is 0.947 bits per heavy atom. The molecular formula is C16H16F2O. The number of rotatable bonds is 3. The highest BCUT2D eigenvalue weighted by Gasteiger charge is 2.15. The molecule has 0 heterocycles. The summed E-state index contributed by atoms with van der Waals surface area (Å²) in [6.07, 6.45) is -3.40. The third-order valence-electron chi connectivity index (χ3n) is 3.21. The molecule has 19 heavy (non-hydrogen) atoms. The van der Waals surface area contributed by atoms with Gasteiger partial charge < -0.3 is 5.11 Å². The van der Waals surface area contributed by atoms with Crippen LogP contribution in [0.25, 0.3) is 0 Å². The van der Waals surface area contributed by atoms with E-state index in [0.29, 0.717) is 5.56 Å². The van der Waals surface area contributed by atoms with Crippen LogP contribution >= 0.6 is 0 Å². The first-order valence-electron chi connectivity index (χ1n) is 6.12. The Morgan fingerprint density at radius 3 is 2.32 bits per heavy atom. The molecule has 0 bridgehead atoms. The molecule has 0 aromatic heterocycles. The van der Waals surface area contributed by atoms with Gasteiger partial charge in [0.2, 0.25) is 0 Å². The Morgan fingerprint density at radius 2 is 1.63 bits per heavy atom. The SMILES string of the molecule is Cc1ccc(C)c(C(O)c2cccc(C(F)F)c2)c1. The van der Waals surface area contributed by atoms with E-state index in [9.17, 15) is 13.9 Å². The number of benzene rings is 2. The van der Waals surface area contributed by atoms with Crippen molar-refractivity contribution >= 4 is 0 Å². The fourth-order valence-corrected chi connectivity index (χ4v) is 2.10. The molecular weight excluding hydrogens is 246 g/mol. The topological polar surface area (TPSA) is 20.2 Å². The first kappa shape index (κ1) is 13.7. The van der Waals surface area contributed by atoms with E-state index in [-0.39, 0.29) is 5.56 Å². The monoisotopic (exact) mass is 262 g/mol. The molecule has 1 atom stereocenters. The van der Waals surface area contributed by atoms with E-state index >= 15 is 0 Å². The van der Waals surface area contributed by atoms with Crippen molar-refractivity contribution in [1.82, 2.24) is 0 Å². The largest absolute Gasteiger partial charge is 0.384 e. The number of halogens is 2. The van der Waals surface area contributed by atoms with E-state index in [4.69, 9.17) is 0 Å². The molecule has 1 unspecified atom stereocenters. The van der Waals surface area contributed by atoms with Gasteiger partial charge in [0.1, 0.15) is 6.10 Å². The Kier molecular flexibility index (Phi) is 3.96. The van der Waals surface area contributed by atoms with Crippen molar-refractivity contribution in [2.45, 2.75) is 26.4 Å². The average Bonchev–Trinajstić information content (AvgIpc) is 2.41. The molecule has 2 aromatic carbocycles. The highest BCUT2D eigenvalue weighted by atomic mass is 19.3. The van der Waals surface area contributed by atoms with Crippen molar-refractivity contribution in [1.29, 1.82) is 0 Å². The van der Waals surface area contributed by atoms with Gasteiger partial charge in [-0.25, -0.2) is 8.78 Å². The lowest BCUT2D eigenvalue weighted by Gasteiger charge is -2.16. The summed E-state index contributed by atoms with van der Waals surface area (Å²) in [4.78, 5) is 0. The van der Waals surface area contributed by atoms with E-state index in [2.05, 4.69) is 0 Å². The Balaban J connectivity index is 2.41. The van der Waals surface area contributed by atoms with Crippen molar-refractivity contribution in [3.63, 3.8) is 0 Å². The molecule has 0 aliphatic rings. The molecule has 0 amide bonds. The number of hydrogen-bond acceptors (Lipinski definition) is 1. The zero-order valence-corrected chi connectivity index (χ0v) is 10.9. The van der Waals surface area contributed by atoms with Gasteiger partial charge in [0.25, 0.3) is 6.43 Å². The van der Waals surface area contributed by atoms with Crippen LogP contribution in [0, 0.1) is 13.8 Å². The minimum Gasteiger partial charge on any atom is -0.384 e. The molecule has 0 saturated carbocycles. The molecule has 0 fully saturated rings. The first-order chi connectivity index (χ1) is 8.99. The van der Waals surface area contributed by atoms with Crippen LogP contribution in [0.2, 0.25) is 0 Å². The molecule has 0 radical (unpaired) electrons. The fraction of sp³-hybridized carbons (Fsp3) is 0.250. The second-order valence-electron chi connectivity index (χ2n) is 4.73. The molecule has 100 valence electrons. The van der Waals surface area contributed by atoms with Crippen LogP contribution in [0.3, 0.4) is 0 Å². The smallest absolute Gasteiger partial charge is 0.263 e. The summed E-state index contributed by atoms with van der Waals surface area (Å²) in [7, 11) is 0. The number of alkyl halides is 2. The Hall–Kier alpha value is -1.74. The zero-order chi connectivity index (χ0) is 14.0. The van der Waals surface area contributed by atoms with Gasteiger partial charge in [0.15, 0.2) is 0 Å². The maximum absolute atomic E-state index is 12.7. The Bertz CT molecular complexity index is 579. The highest BCUT2D eigenvalue weighted by Crippen LogP contribution is 2.28. The van der Waals surface area contributed by atoms with E-state index in [0.717, 1.165) is 16.7 Å². The van der Waals surface area contributed by atoms with Gasteiger partial charge in [-0.1, -0.05) is 42.0 Å². The molecule has 0 spiro atoms. The van der Waals surface area contributed by atoms with E-state index in [1.54, 1.807) is 12.1 Å². The summed E-state index contributed by atoms with van der Waals surface area (Å²) in [6.45, 7) is 3.83. The molecule has 1 nitrogen and oxygen atoms in total. The molecule has 1 N–H and O–H groups in total. The second kappa shape index (κ2) is 5.49. The molecule has 2 rings (SSSR count). The van der Waals surface area contributed by atoms with Crippen LogP contribution in [0.5, 0.6) is 0 Å². The third-order valence-corrected chi connectivity index (χ3v) is 3.21. The molecule has 3 heteroatoms. The summed E-state index contributed by atoms with van der Waals surface area (Å²) in [5.41, 5.74) is 3.16. The molecule has 0 aliphatic heterocycles. The first-order valence-corrected chi connectivity index (χ1v) is 6.12. The van der Waals surface area contributed by atoms with Gasteiger partial charge in [-0.15, -0.1) is 0 Å². The predicted octanol–water partition coefficient (Wildman–Crippen LogP) is 4.32. The third kappa shape index (κ3) is 2.99. The number of aliphatic hydroxyl groups is 1. The van der Waals surface area contributed by atoms with Crippen LogP contribution in [0.4, 0.5) is 8.78 Å². The summed E-state index contributed by atoms with van der Waals surface area (Å²) < 4.78 is 25.3. The minimum atomic E-state index is -2.52. The second-order valence-corrected chi connectivity index (χ2v) is 4.73. The Labute approximate surface area is 111 Å². The lowest BCUT2D eigenvalue weighted by molar-refractivity contribution is 0.150. The number of aliphatic hydroxyl groups excluding tert-OH is 1. The van der Waals surface area contributed by atoms with Crippen LogP contribution < -0.4 is 0 Å². The van der Waals surface area contributed by atoms with Gasteiger partial charge in [-0.05, 0) is 36.6 Å².